The van der Waals surface area contributed by atoms with Crippen molar-refractivity contribution in [3.05, 3.63) is 96.6 Å². The van der Waals surface area contributed by atoms with Gasteiger partial charge in [0.1, 0.15) is 11.2 Å². The Labute approximate surface area is 152 Å². The van der Waals surface area contributed by atoms with Crippen molar-refractivity contribution in [3.8, 4) is 22.3 Å². The van der Waals surface area contributed by atoms with Gasteiger partial charge in [0.05, 0.1) is 0 Å². The van der Waals surface area contributed by atoms with Crippen LogP contribution in [0.25, 0.3) is 44.2 Å². The summed E-state index contributed by atoms with van der Waals surface area (Å²) < 4.78 is 6.45. The van der Waals surface area contributed by atoms with E-state index in [0.717, 1.165) is 33.1 Å². The summed E-state index contributed by atoms with van der Waals surface area (Å²) in [5.74, 6) is 0. The highest BCUT2D eigenvalue weighted by Gasteiger charge is 2.15. The molecule has 5 rings (SSSR count). The van der Waals surface area contributed by atoms with Crippen LogP contribution < -0.4 is 0 Å². The summed E-state index contributed by atoms with van der Waals surface area (Å²) in [5.41, 5.74) is 7.79. The van der Waals surface area contributed by atoms with Crippen LogP contribution in [0.15, 0.2) is 95.4 Å². The lowest BCUT2D eigenvalue weighted by Gasteiger charge is -2.03. The number of hydrogen-bond acceptors (Lipinski definition) is 1. The van der Waals surface area contributed by atoms with E-state index in [1.54, 1.807) is 0 Å². The molecule has 26 heavy (non-hydrogen) atoms. The Morgan fingerprint density at radius 1 is 0.500 bits per heavy atom. The SMILES string of the molecule is Cc1ccc(-c2cccc3c2oc2c(-c4ccccc4)cccc23)cc1. The van der Waals surface area contributed by atoms with Crippen molar-refractivity contribution in [2.45, 2.75) is 6.92 Å². The Morgan fingerprint density at radius 3 is 1.62 bits per heavy atom. The highest BCUT2D eigenvalue weighted by molar-refractivity contribution is 6.12. The third-order valence-electron chi connectivity index (χ3n) is 4.97. The van der Waals surface area contributed by atoms with E-state index < -0.39 is 0 Å². The van der Waals surface area contributed by atoms with Crippen LogP contribution in [0, 0.1) is 6.92 Å². The summed E-state index contributed by atoms with van der Waals surface area (Å²) in [4.78, 5) is 0. The quantitative estimate of drug-likeness (QED) is 0.332. The second-order valence-electron chi connectivity index (χ2n) is 6.70. The number of hydrogen-bond donors (Lipinski definition) is 0. The summed E-state index contributed by atoms with van der Waals surface area (Å²) in [6.07, 6.45) is 0. The third kappa shape index (κ3) is 2.33. The van der Waals surface area contributed by atoms with Gasteiger partial charge in [0, 0.05) is 21.9 Å². The van der Waals surface area contributed by atoms with Gasteiger partial charge in [-0.1, -0.05) is 96.6 Å². The molecule has 1 heteroatoms. The zero-order valence-electron chi connectivity index (χ0n) is 14.6. The van der Waals surface area contributed by atoms with E-state index in [1.807, 2.05) is 6.07 Å². The molecule has 0 amide bonds. The topological polar surface area (TPSA) is 13.1 Å². The van der Waals surface area contributed by atoms with E-state index in [-0.39, 0.29) is 0 Å². The fourth-order valence-electron chi connectivity index (χ4n) is 3.63. The highest BCUT2D eigenvalue weighted by atomic mass is 16.3. The molecule has 1 heterocycles. The molecule has 0 radical (unpaired) electrons. The van der Waals surface area contributed by atoms with Crippen molar-refractivity contribution in [1.82, 2.24) is 0 Å². The van der Waals surface area contributed by atoms with Gasteiger partial charge in [0.25, 0.3) is 0 Å². The number of benzene rings is 4. The van der Waals surface area contributed by atoms with Crippen molar-refractivity contribution in [2.24, 2.45) is 0 Å². The molecular weight excluding hydrogens is 316 g/mol. The molecule has 0 saturated heterocycles. The van der Waals surface area contributed by atoms with E-state index in [2.05, 4.69) is 91.9 Å². The second-order valence-corrected chi connectivity index (χ2v) is 6.70. The van der Waals surface area contributed by atoms with E-state index >= 15 is 0 Å². The van der Waals surface area contributed by atoms with Crippen LogP contribution in [-0.4, -0.2) is 0 Å². The van der Waals surface area contributed by atoms with E-state index in [0.29, 0.717) is 0 Å². The van der Waals surface area contributed by atoms with Crippen LogP contribution >= 0.6 is 0 Å². The van der Waals surface area contributed by atoms with Gasteiger partial charge in [-0.3, -0.25) is 0 Å². The van der Waals surface area contributed by atoms with Gasteiger partial charge in [-0.05, 0) is 18.1 Å². The zero-order valence-corrected chi connectivity index (χ0v) is 14.6. The molecule has 0 bridgehead atoms. The molecule has 0 saturated carbocycles. The maximum absolute atomic E-state index is 6.45. The van der Waals surface area contributed by atoms with Gasteiger partial charge in [-0.25, -0.2) is 0 Å². The molecule has 0 N–H and O–H groups in total. The average Bonchev–Trinajstić information content (AvgIpc) is 3.08. The smallest absolute Gasteiger partial charge is 0.143 e. The number of fused-ring (bicyclic) bond motifs is 3. The van der Waals surface area contributed by atoms with Crippen molar-refractivity contribution in [1.29, 1.82) is 0 Å². The Kier molecular flexibility index (Phi) is 3.39. The van der Waals surface area contributed by atoms with Crippen LogP contribution in [0.4, 0.5) is 0 Å². The first kappa shape index (κ1) is 15.0. The lowest BCUT2D eigenvalue weighted by molar-refractivity contribution is 0.671. The molecule has 1 aromatic heterocycles. The normalized spacial score (nSPS) is 11.3. The van der Waals surface area contributed by atoms with Crippen LogP contribution in [0.5, 0.6) is 0 Å². The fraction of sp³-hybridized carbons (Fsp3) is 0.0400. The molecule has 0 aliphatic heterocycles. The minimum atomic E-state index is 0.952. The Morgan fingerprint density at radius 2 is 1.04 bits per heavy atom. The predicted molar refractivity (Wildman–Crippen MR) is 109 cm³/mol. The van der Waals surface area contributed by atoms with Crippen LogP contribution in [0.1, 0.15) is 5.56 Å². The number of para-hydroxylation sites is 2. The van der Waals surface area contributed by atoms with Gasteiger partial charge in [-0.2, -0.15) is 0 Å². The number of furan rings is 1. The summed E-state index contributed by atoms with van der Waals surface area (Å²) >= 11 is 0. The summed E-state index contributed by atoms with van der Waals surface area (Å²) in [6, 6.07) is 31.8. The molecule has 0 unspecified atom stereocenters. The highest BCUT2D eigenvalue weighted by Crippen LogP contribution is 2.39. The first-order chi connectivity index (χ1) is 12.8. The van der Waals surface area contributed by atoms with E-state index in [1.165, 1.54) is 16.7 Å². The van der Waals surface area contributed by atoms with Gasteiger partial charge in [0.15, 0.2) is 0 Å². The molecule has 124 valence electrons. The molecule has 0 fully saturated rings. The monoisotopic (exact) mass is 334 g/mol. The van der Waals surface area contributed by atoms with E-state index in [4.69, 9.17) is 4.42 Å². The Balaban J connectivity index is 1.82. The lowest BCUT2D eigenvalue weighted by Crippen LogP contribution is -1.79. The summed E-state index contributed by atoms with van der Waals surface area (Å²) in [5, 5.41) is 2.33. The largest absolute Gasteiger partial charge is 0.455 e. The molecule has 0 atom stereocenters. The molecular formula is C25H18O. The fourth-order valence-corrected chi connectivity index (χ4v) is 3.63. The molecule has 4 aromatic carbocycles. The second kappa shape index (κ2) is 5.89. The van der Waals surface area contributed by atoms with Gasteiger partial charge in [0.2, 0.25) is 0 Å². The lowest BCUT2D eigenvalue weighted by atomic mass is 10.00. The van der Waals surface area contributed by atoms with Crippen molar-refractivity contribution >= 4 is 21.9 Å². The number of aryl methyl sites for hydroxylation is 1. The maximum Gasteiger partial charge on any atom is 0.143 e. The maximum atomic E-state index is 6.45. The van der Waals surface area contributed by atoms with Crippen molar-refractivity contribution in [3.63, 3.8) is 0 Å². The molecule has 0 spiro atoms. The summed E-state index contributed by atoms with van der Waals surface area (Å²) in [7, 11) is 0. The first-order valence-electron chi connectivity index (χ1n) is 8.88. The molecule has 5 aromatic rings. The van der Waals surface area contributed by atoms with E-state index in [9.17, 15) is 0 Å². The zero-order chi connectivity index (χ0) is 17.5. The first-order valence-corrected chi connectivity index (χ1v) is 8.88. The molecule has 1 nitrogen and oxygen atoms in total. The average molecular weight is 334 g/mol. The minimum absolute atomic E-state index is 0.952. The Hall–Kier alpha value is -3.32. The van der Waals surface area contributed by atoms with Gasteiger partial charge >= 0.3 is 0 Å². The van der Waals surface area contributed by atoms with Crippen LogP contribution in [0.2, 0.25) is 0 Å². The van der Waals surface area contributed by atoms with Crippen LogP contribution in [-0.2, 0) is 0 Å². The summed E-state index contributed by atoms with van der Waals surface area (Å²) in [6.45, 7) is 2.11. The minimum Gasteiger partial charge on any atom is -0.455 e. The van der Waals surface area contributed by atoms with Gasteiger partial charge < -0.3 is 4.42 Å². The van der Waals surface area contributed by atoms with Gasteiger partial charge in [-0.15, -0.1) is 0 Å². The standard InChI is InChI=1S/C25H18O/c1-17-13-15-19(16-14-17)21-10-6-12-23-22-11-5-9-20(24(22)26-25(21)23)18-7-3-2-4-8-18/h2-16H,1H3. The Bertz CT molecular complexity index is 1210. The van der Waals surface area contributed by atoms with Crippen molar-refractivity contribution < 1.29 is 4.42 Å². The predicted octanol–water partition coefficient (Wildman–Crippen LogP) is 7.23. The number of rotatable bonds is 2. The van der Waals surface area contributed by atoms with Crippen molar-refractivity contribution in [2.75, 3.05) is 0 Å². The molecule has 0 aliphatic carbocycles. The molecule has 0 aliphatic rings. The van der Waals surface area contributed by atoms with Crippen LogP contribution in [0.3, 0.4) is 0 Å². The third-order valence-corrected chi connectivity index (χ3v) is 4.97.